The molecule has 1 aromatic rings. The van der Waals surface area contributed by atoms with Crippen LogP contribution in [0.4, 0.5) is 0 Å². The van der Waals surface area contributed by atoms with Gasteiger partial charge in [0, 0.05) is 13.6 Å². The van der Waals surface area contributed by atoms with Crippen molar-refractivity contribution < 1.29 is 23.8 Å². The van der Waals surface area contributed by atoms with Crippen molar-refractivity contribution >= 4 is 11.9 Å². The second kappa shape index (κ2) is 7.49. The van der Waals surface area contributed by atoms with Gasteiger partial charge < -0.3 is 19.1 Å². The highest BCUT2D eigenvalue weighted by atomic mass is 16.6. The second-order valence-electron chi connectivity index (χ2n) is 5.11. The summed E-state index contributed by atoms with van der Waals surface area (Å²) in [5, 5.41) is 8.53. The van der Waals surface area contributed by atoms with E-state index in [2.05, 4.69) is 0 Å². The maximum atomic E-state index is 12.1. The van der Waals surface area contributed by atoms with Gasteiger partial charge in [-0.15, -0.1) is 0 Å². The molecule has 23 heavy (non-hydrogen) atoms. The van der Waals surface area contributed by atoms with Crippen molar-refractivity contribution in [2.45, 2.75) is 25.6 Å². The first kappa shape index (κ1) is 16.6. The number of esters is 1. The first-order valence-electron chi connectivity index (χ1n) is 7.24. The van der Waals surface area contributed by atoms with Crippen molar-refractivity contribution in [3.63, 3.8) is 0 Å². The van der Waals surface area contributed by atoms with Crippen molar-refractivity contribution in [3.05, 3.63) is 24.3 Å². The number of amides is 1. The third-order valence-electron chi connectivity index (χ3n) is 3.35. The van der Waals surface area contributed by atoms with Crippen LogP contribution in [0, 0.1) is 11.3 Å². The Morgan fingerprint density at radius 3 is 2.83 bits per heavy atom. The Bertz CT molecular complexity index is 625. The Morgan fingerprint density at radius 1 is 1.43 bits per heavy atom. The average molecular weight is 318 g/mol. The number of hydrogen-bond donors (Lipinski definition) is 0. The highest BCUT2D eigenvalue weighted by molar-refractivity contribution is 5.84. The minimum absolute atomic E-state index is 0.0288. The Hall–Kier alpha value is -2.75. The Balaban J connectivity index is 1.90. The zero-order valence-corrected chi connectivity index (χ0v) is 13.0. The van der Waals surface area contributed by atoms with E-state index in [1.54, 1.807) is 31.3 Å². The summed E-state index contributed by atoms with van der Waals surface area (Å²) in [4.78, 5) is 25.5. The van der Waals surface area contributed by atoms with Crippen molar-refractivity contribution in [2.75, 3.05) is 20.2 Å². The highest BCUT2D eigenvalue weighted by Crippen LogP contribution is 2.31. The molecule has 1 aliphatic rings. The van der Waals surface area contributed by atoms with E-state index in [0.717, 1.165) is 0 Å². The van der Waals surface area contributed by atoms with E-state index in [4.69, 9.17) is 19.5 Å². The zero-order valence-electron chi connectivity index (χ0n) is 13.0. The standard InChI is InChI=1S/C16H18N2O5/c1-11(15(19)18(2)9-5-8-17)22-16(20)14-10-21-12-6-3-4-7-13(12)23-14/h3-4,6-7,11,14H,5,9-10H2,1-2H3/t11-,14+/m1/s1. The van der Waals surface area contributed by atoms with Crippen LogP contribution in [0.3, 0.4) is 0 Å². The minimum atomic E-state index is -0.952. The van der Waals surface area contributed by atoms with E-state index in [9.17, 15) is 9.59 Å². The Kier molecular flexibility index (Phi) is 5.41. The van der Waals surface area contributed by atoms with Crippen LogP contribution in [-0.4, -0.2) is 49.2 Å². The molecule has 2 atom stereocenters. The van der Waals surface area contributed by atoms with Crippen molar-refractivity contribution in [1.82, 2.24) is 4.90 Å². The predicted octanol–water partition coefficient (Wildman–Crippen LogP) is 1.13. The van der Waals surface area contributed by atoms with Crippen LogP contribution in [0.25, 0.3) is 0 Å². The summed E-state index contributed by atoms with van der Waals surface area (Å²) >= 11 is 0. The number of benzene rings is 1. The van der Waals surface area contributed by atoms with Crippen LogP contribution >= 0.6 is 0 Å². The van der Waals surface area contributed by atoms with Crippen LogP contribution in [0.5, 0.6) is 11.5 Å². The fraction of sp³-hybridized carbons (Fsp3) is 0.438. The Morgan fingerprint density at radius 2 is 2.13 bits per heavy atom. The lowest BCUT2D eigenvalue weighted by molar-refractivity contribution is -0.166. The summed E-state index contributed by atoms with van der Waals surface area (Å²) in [7, 11) is 1.56. The summed E-state index contributed by atoms with van der Waals surface area (Å²) in [6, 6.07) is 8.97. The van der Waals surface area contributed by atoms with Gasteiger partial charge in [0.15, 0.2) is 17.6 Å². The van der Waals surface area contributed by atoms with Crippen LogP contribution in [-0.2, 0) is 14.3 Å². The van der Waals surface area contributed by atoms with Gasteiger partial charge in [0.05, 0.1) is 12.5 Å². The van der Waals surface area contributed by atoms with E-state index in [0.29, 0.717) is 11.5 Å². The molecule has 1 heterocycles. The Labute approximate surface area is 134 Å². The van der Waals surface area contributed by atoms with Gasteiger partial charge in [-0.3, -0.25) is 4.79 Å². The fourth-order valence-corrected chi connectivity index (χ4v) is 2.07. The smallest absolute Gasteiger partial charge is 0.351 e. The summed E-state index contributed by atoms with van der Waals surface area (Å²) in [6.07, 6.45) is -1.64. The molecular formula is C16H18N2O5. The largest absolute Gasteiger partial charge is 0.485 e. The SMILES string of the molecule is C[C@@H](OC(=O)[C@@H]1COc2ccccc2O1)C(=O)N(C)CCC#N. The van der Waals surface area contributed by atoms with E-state index in [-0.39, 0.29) is 25.5 Å². The molecule has 0 aliphatic carbocycles. The maximum absolute atomic E-state index is 12.1. The number of rotatable bonds is 5. The van der Waals surface area contributed by atoms with Crippen molar-refractivity contribution in [2.24, 2.45) is 0 Å². The van der Waals surface area contributed by atoms with Gasteiger partial charge in [0.25, 0.3) is 5.91 Å². The number of para-hydroxylation sites is 2. The molecule has 1 aliphatic heterocycles. The first-order chi connectivity index (χ1) is 11.0. The van der Waals surface area contributed by atoms with E-state index in [1.807, 2.05) is 6.07 Å². The van der Waals surface area contributed by atoms with Gasteiger partial charge in [0.2, 0.25) is 6.10 Å². The topological polar surface area (TPSA) is 88.9 Å². The molecule has 0 aromatic heterocycles. The molecule has 7 heteroatoms. The van der Waals surface area contributed by atoms with Crippen molar-refractivity contribution in [1.29, 1.82) is 5.26 Å². The third-order valence-corrected chi connectivity index (χ3v) is 3.35. The molecule has 0 bridgehead atoms. The van der Waals surface area contributed by atoms with Gasteiger partial charge in [-0.05, 0) is 19.1 Å². The minimum Gasteiger partial charge on any atom is -0.485 e. The predicted molar refractivity (Wildman–Crippen MR) is 79.8 cm³/mol. The number of carbonyl (C=O) groups is 2. The molecule has 7 nitrogen and oxygen atoms in total. The normalized spacial score (nSPS) is 16.8. The lowest BCUT2D eigenvalue weighted by Gasteiger charge is -2.26. The lowest BCUT2D eigenvalue weighted by Crippen LogP contribution is -2.43. The molecular weight excluding hydrogens is 300 g/mol. The number of nitriles is 1. The van der Waals surface area contributed by atoms with Crippen molar-refractivity contribution in [3.8, 4) is 17.6 Å². The van der Waals surface area contributed by atoms with Crippen LogP contribution in [0.2, 0.25) is 0 Å². The van der Waals surface area contributed by atoms with Gasteiger partial charge in [0.1, 0.15) is 6.61 Å². The molecule has 2 rings (SSSR count). The van der Waals surface area contributed by atoms with Gasteiger partial charge >= 0.3 is 5.97 Å². The molecule has 0 saturated carbocycles. The number of ether oxygens (including phenoxy) is 3. The number of likely N-dealkylation sites (N-methyl/N-ethyl adjacent to an activating group) is 1. The van der Waals surface area contributed by atoms with E-state index in [1.165, 1.54) is 11.8 Å². The second-order valence-corrected chi connectivity index (χ2v) is 5.11. The fourth-order valence-electron chi connectivity index (χ4n) is 2.07. The van der Waals surface area contributed by atoms with E-state index < -0.39 is 18.2 Å². The number of hydrogen-bond acceptors (Lipinski definition) is 6. The summed E-state index contributed by atoms with van der Waals surface area (Å²) in [5.41, 5.74) is 0. The van der Waals surface area contributed by atoms with Gasteiger partial charge in [-0.2, -0.15) is 5.26 Å². The zero-order chi connectivity index (χ0) is 16.8. The number of fused-ring (bicyclic) bond motifs is 1. The van der Waals surface area contributed by atoms with Gasteiger partial charge in [-0.25, -0.2) is 4.79 Å². The average Bonchev–Trinajstić information content (AvgIpc) is 2.58. The summed E-state index contributed by atoms with van der Waals surface area (Å²) < 4.78 is 16.1. The number of carbonyl (C=O) groups excluding carboxylic acids is 2. The molecule has 0 radical (unpaired) electrons. The highest BCUT2D eigenvalue weighted by Gasteiger charge is 2.31. The quantitative estimate of drug-likeness (QED) is 0.756. The monoisotopic (exact) mass is 318 g/mol. The molecule has 0 saturated heterocycles. The first-order valence-corrected chi connectivity index (χ1v) is 7.24. The molecule has 1 amide bonds. The van der Waals surface area contributed by atoms with Crippen LogP contribution in [0.1, 0.15) is 13.3 Å². The van der Waals surface area contributed by atoms with Gasteiger partial charge in [-0.1, -0.05) is 12.1 Å². The molecule has 0 fully saturated rings. The summed E-state index contributed by atoms with van der Waals surface area (Å²) in [6.45, 7) is 1.80. The lowest BCUT2D eigenvalue weighted by atomic mass is 10.2. The molecule has 0 unspecified atom stereocenters. The molecule has 122 valence electrons. The summed E-state index contributed by atoms with van der Waals surface area (Å²) in [5.74, 6) is 0.00231. The number of nitrogens with zero attached hydrogens (tertiary/aromatic N) is 2. The van der Waals surface area contributed by atoms with Crippen LogP contribution < -0.4 is 9.47 Å². The molecule has 0 spiro atoms. The molecule has 1 aromatic carbocycles. The van der Waals surface area contributed by atoms with Crippen LogP contribution in [0.15, 0.2) is 24.3 Å². The maximum Gasteiger partial charge on any atom is 0.351 e. The third kappa shape index (κ3) is 4.13. The van der Waals surface area contributed by atoms with E-state index >= 15 is 0 Å². The molecule has 0 N–H and O–H groups in total.